The van der Waals surface area contributed by atoms with Crippen molar-refractivity contribution in [2.24, 2.45) is 0 Å². The molecule has 1 fully saturated rings. The molecule has 0 unspecified atom stereocenters. The van der Waals surface area contributed by atoms with Gasteiger partial charge in [-0.05, 0) is 42.9 Å². The highest BCUT2D eigenvalue weighted by atomic mass is 16.5. The zero-order valence-corrected chi connectivity index (χ0v) is 18.2. The fourth-order valence-corrected chi connectivity index (χ4v) is 3.85. The van der Waals surface area contributed by atoms with Crippen LogP contribution in [0.3, 0.4) is 0 Å². The summed E-state index contributed by atoms with van der Waals surface area (Å²) in [6.07, 6.45) is 1.67. The van der Waals surface area contributed by atoms with Crippen molar-refractivity contribution in [2.45, 2.75) is 51.9 Å². The average molecular weight is 404 g/mol. The number of hydrogen-bond donors (Lipinski definition) is 0. The maximum absolute atomic E-state index is 12.9. The lowest BCUT2D eigenvalue weighted by Gasteiger charge is -2.30. The second-order valence-electron chi connectivity index (χ2n) is 9.22. The van der Waals surface area contributed by atoms with Gasteiger partial charge in [0, 0.05) is 30.1 Å². The van der Waals surface area contributed by atoms with Crippen molar-refractivity contribution < 1.29 is 9.32 Å². The van der Waals surface area contributed by atoms with Crippen molar-refractivity contribution in [3.63, 3.8) is 0 Å². The van der Waals surface area contributed by atoms with Crippen LogP contribution in [0.25, 0.3) is 11.4 Å². The number of aromatic nitrogens is 2. The van der Waals surface area contributed by atoms with Gasteiger partial charge in [-0.25, -0.2) is 0 Å². The predicted molar refractivity (Wildman–Crippen MR) is 117 cm³/mol. The van der Waals surface area contributed by atoms with Crippen molar-refractivity contribution >= 4 is 5.91 Å². The number of nitrogens with zero attached hydrogens (tertiary/aromatic N) is 3. The topological polar surface area (TPSA) is 59.2 Å². The van der Waals surface area contributed by atoms with Crippen LogP contribution in [0.2, 0.25) is 0 Å². The summed E-state index contributed by atoms with van der Waals surface area (Å²) in [5.41, 5.74) is 4.23. The Kier molecular flexibility index (Phi) is 5.46. The highest BCUT2D eigenvalue weighted by Crippen LogP contribution is 2.29. The molecule has 5 nitrogen and oxygen atoms in total. The van der Waals surface area contributed by atoms with Crippen LogP contribution in [0.1, 0.15) is 66.9 Å². The summed E-state index contributed by atoms with van der Waals surface area (Å²) in [6, 6.07) is 16.1. The summed E-state index contributed by atoms with van der Waals surface area (Å²) < 4.78 is 5.55. The second kappa shape index (κ2) is 8.05. The number of piperidine rings is 1. The van der Waals surface area contributed by atoms with Gasteiger partial charge in [-0.15, -0.1) is 0 Å². The lowest BCUT2D eigenvalue weighted by Crippen LogP contribution is -2.38. The minimum absolute atomic E-state index is 0.0848. The molecule has 0 atom stereocenters. The van der Waals surface area contributed by atoms with Crippen LogP contribution in [0.4, 0.5) is 0 Å². The molecule has 0 radical (unpaired) electrons. The molecular weight excluding hydrogens is 374 g/mol. The number of likely N-dealkylation sites (tertiary alicyclic amines) is 1. The highest BCUT2D eigenvalue weighted by Gasteiger charge is 2.28. The van der Waals surface area contributed by atoms with Gasteiger partial charge in [0.05, 0.1) is 0 Å². The summed E-state index contributed by atoms with van der Waals surface area (Å²) in [5, 5.41) is 4.15. The lowest BCUT2D eigenvalue weighted by atomic mass is 9.86. The Morgan fingerprint density at radius 2 is 1.63 bits per heavy atom. The Labute approximate surface area is 178 Å². The third-order valence-electron chi connectivity index (χ3n) is 5.88. The van der Waals surface area contributed by atoms with Gasteiger partial charge in [0.15, 0.2) is 0 Å². The van der Waals surface area contributed by atoms with Gasteiger partial charge in [-0.3, -0.25) is 4.79 Å². The molecule has 1 saturated heterocycles. The maximum atomic E-state index is 12.9. The third-order valence-corrected chi connectivity index (χ3v) is 5.88. The molecule has 2 aromatic carbocycles. The average Bonchev–Trinajstić information content (AvgIpc) is 3.24. The van der Waals surface area contributed by atoms with Crippen molar-refractivity contribution in [1.82, 2.24) is 15.0 Å². The van der Waals surface area contributed by atoms with Crippen LogP contribution < -0.4 is 0 Å². The van der Waals surface area contributed by atoms with Crippen LogP contribution in [0, 0.1) is 6.92 Å². The number of hydrogen-bond acceptors (Lipinski definition) is 4. The first kappa shape index (κ1) is 20.3. The summed E-state index contributed by atoms with van der Waals surface area (Å²) in [6.45, 7) is 9.99. The van der Waals surface area contributed by atoms with Crippen molar-refractivity contribution in [2.75, 3.05) is 13.1 Å². The number of aryl methyl sites for hydroxylation is 1. The molecule has 0 aliphatic carbocycles. The molecule has 0 N–H and O–H groups in total. The van der Waals surface area contributed by atoms with E-state index in [1.165, 1.54) is 11.1 Å². The lowest BCUT2D eigenvalue weighted by molar-refractivity contribution is 0.0704. The molecule has 2 heterocycles. The van der Waals surface area contributed by atoms with E-state index in [9.17, 15) is 4.79 Å². The van der Waals surface area contributed by atoms with Crippen LogP contribution >= 0.6 is 0 Å². The number of amides is 1. The van der Waals surface area contributed by atoms with Crippen LogP contribution in [0.15, 0.2) is 53.1 Å². The largest absolute Gasteiger partial charge is 0.339 e. The second-order valence-corrected chi connectivity index (χ2v) is 9.22. The van der Waals surface area contributed by atoms with E-state index in [1.807, 2.05) is 41.3 Å². The van der Waals surface area contributed by atoms with E-state index in [-0.39, 0.29) is 17.2 Å². The molecule has 4 rings (SSSR count). The van der Waals surface area contributed by atoms with Gasteiger partial charge in [0.25, 0.3) is 5.91 Å². The molecule has 5 heteroatoms. The Balaban J connectivity index is 1.38. The van der Waals surface area contributed by atoms with Crippen molar-refractivity contribution in [1.29, 1.82) is 0 Å². The molecule has 0 saturated carbocycles. The number of carbonyl (C=O) groups is 1. The number of benzene rings is 2. The van der Waals surface area contributed by atoms with Gasteiger partial charge in [0.2, 0.25) is 11.7 Å². The number of carbonyl (C=O) groups excluding carboxylic acids is 1. The maximum Gasteiger partial charge on any atom is 0.253 e. The SMILES string of the molecule is Cc1ccc(-c2noc(C3CCN(C(=O)c4ccc(C(C)(C)C)cc4)CC3)n2)cc1. The Bertz CT molecular complexity index is 1010. The minimum Gasteiger partial charge on any atom is -0.339 e. The molecule has 0 spiro atoms. The van der Waals surface area contributed by atoms with Crippen LogP contribution in [-0.2, 0) is 5.41 Å². The van der Waals surface area contributed by atoms with E-state index in [0.29, 0.717) is 24.8 Å². The summed E-state index contributed by atoms with van der Waals surface area (Å²) in [7, 11) is 0. The fourth-order valence-electron chi connectivity index (χ4n) is 3.85. The Hall–Kier alpha value is -2.95. The molecular formula is C25H29N3O2. The molecule has 1 aliphatic heterocycles. The molecule has 1 aliphatic rings. The Morgan fingerprint density at radius 1 is 1.00 bits per heavy atom. The minimum atomic E-state index is 0.0848. The highest BCUT2D eigenvalue weighted by molar-refractivity contribution is 5.94. The first-order valence-electron chi connectivity index (χ1n) is 10.6. The summed E-state index contributed by atoms with van der Waals surface area (Å²) >= 11 is 0. The predicted octanol–water partition coefficient (Wildman–Crippen LogP) is 5.36. The van der Waals surface area contributed by atoms with E-state index < -0.39 is 0 Å². The smallest absolute Gasteiger partial charge is 0.253 e. The first-order valence-corrected chi connectivity index (χ1v) is 10.6. The molecule has 156 valence electrons. The first-order chi connectivity index (χ1) is 14.3. The fraction of sp³-hybridized carbons (Fsp3) is 0.400. The van der Waals surface area contributed by atoms with Crippen molar-refractivity contribution in [3.8, 4) is 11.4 Å². The van der Waals surface area contributed by atoms with Crippen molar-refractivity contribution in [3.05, 3.63) is 71.1 Å². The van der Waals surface area contributed by atoms with E-state index in [1.54, 1.807) is 0 Å². The molecule has 3 aromatic rings. The van der Waals surface area contributed by atoms with E-state index in [0.717, 1.165) is 24.0 Å². The standard InChI is InChI=1S/C25H29N3O2/c1-17-5-7-18(8-6-17)22-26-23(30-27-22)19-13-15-28(16-14-19)24(29)20-9-11-21(12-10-20)25(2,3)4/h5-12,19H,13-16H2,1-4H3. The van der Waals surface area contributed by atoms with E-state index in [2.05, 4.69) is 50.0 Å². The molecule has 30 heavy (non-hydrogen) atoms. The van der Waals surface area contributed by atoms with Gasteiger partial charge in [-0.1, -0.05) is 67.9 Å². The molecule has 0 bridgehead atoms. The normalized spacial score (nSPS) is 15.4. The van der Waals surface area contributed by atoms with Gasteiger partial charge < -0.3 is 9.42 Å². The monoisotopic (exact) mass is 403 g/mol. The van der Waals surface area contributed by atoms with Crippen LogP contribution in [0.5, 0.6) is 0 Å². The quantitative estimate of drug-likeness (QED) is 0.590. The Morgan fingerprint density at radius 3 is 2.23 bits per heavy atom. The summed E-state index contributed by atoms with van der Waals surface area (Å²) in [5.74, 6) is 1.60. The van der Waals surface area contributed by atoms with E-state index >= 15 is 0 Å². The summed E-state index contributed by atoms with van der Waals surface area (Å²) in [4.78, 5) is 19.4. The van der Waals surface area contributed by atoms with E-state index in [4.69, 9.17) is 4.52 Å². The number of rotatable bonds is 3. The van der Waals surface area contributed by atoms with Gasteiger partial charge in [-0.2, -0.15) is 4.98 Å². The van der Waals surface area contributed by atoms with Crippen LogP contribution in [-0.4, -0.2) is 34.0 Å². The van der Waals surface area contributed by atoms with Gasteiger partial charge in [0.1, 0.15) is 0 Å². The molecule has 1 amide bonds. The zero-order valence-electron chi connectivity index (χ0n) is 18.2. The third kappa shape index (κ3) is 4.30. The van der Waals surface area contributed by atoms with Gasteiger partial charge >= 0.3 is 0 Å². The zero-order chi connectivity index (χ0) is 21.3. The molecule has 1 aromatic heterocycles.